The Morgan fingerprint density at radius 3 is 2.50 bits per heavy atom. The summed E-state index contributed by atoms with van der Waals surface area (Å²) in [6.45, 7) is 10.7. The van der Waals surface area contributed by atoms with Crippen LogP contribution >= 0.6 is 0 Å². The number of piperazine rings is 1. The van der Waals surface area contributed by atoms with Crippen LogP contribution in [0.3, 0.4) is 0 Å². The summed E-state index contributed by atoms with van der Waals surface area (Å²) in [7, 11) is 0. The molecule has 1 saturated heterocycles. The summed E-state index contributed by atoms with van der Waals surface area (Å²) in [5.74, 6) is 0. The molecule has 0 unspecified atom stereocenters. The van der Waals surface area contributed by atoms with Crippen LogP contribution in [0.4, 0.5) is 19.3 Å². The lowest BCUT2D eigenvalue weighted by Gasteiger charge is -2.40. The van der Waals surface area contributed by atoms with E-state index in [-0.39, 0.29) is 23.4 Å². The van der Waals surface area contributed by atoms with Gasteiger partial charge >= 0.3 is 6.09 Å². The summed E-state index contributed by atoms with van der Waals surface area (Å²) < 4.78 is 31.7. The molecule has 0 aliphatic carbocycles. The topological polar surface area (TPSA) is 75.9 Å². The van der Waals surface area contributed by atoms with Crippen LogP contribution in [0.1, 0.15) is 50.8 Å². The fourth-order valence-corrected chi connectivity index (χ4v) is 3.27. The lowest BCUT2D eigenvalue weighted by molar-refractivity contribution is -0.385. The van der Waals surface area contributed by atoms with Gasteiger partial charge in [0.15, 0.2) is 0 Å². The van der Waals surface area contributed by atoms with Crippen LogP contribution in [0.25, 0.3) is 0 Å². The molecule has 9 heteroatoms. The molecule has 1 heterocycles. The van der Waals surface area contributed by atoms with Gasteiger partial charge in [0, 0.05) is 49.4 Å². The monoisotopic (exact) mass is 399 g/mol. The smallest absolute Gasteiger partial charge is 0.410 e. The number of alkyl halides is 2. The largest absolute Gasteiger partial charge is 0.444 e. The maximum absolute atomic E-state index is 13.1. The van der Waals surface area contributed by atoms with Crippen LogP contribution in [0.5, 0.6) is 0 Å². The Balaban J connectivity index is 2.14. The van der Waals surface area contributed by atoms with Gasteiger partial charge in [-0.05, 0) is 46.2 Å². The number of carbonyl (C=O) groups is 1. The highest BCUT2D eigenvalue weighted by Crippen LogP contribution is 2.30. The van der Waals surface area contributed by atoms with Gasteiger partial charge in [-0.15, -0.1) is 0 Å². The van der Waals surface area contributed by atoms with Crippen LogP contribution in [0.15, 0.2) is 12.1 Å². The average molecular weight is 399 g/mol. The van der Waals surface area contributed by atoms with E-state index in [2.05, 4.69) is 0 Å². The standard InChI is InChI=1S/C19H27F2N3O4/c1-12-10-22(6-7-23(12)18(25)28-19(3,4)5)11-15-8-14(17(20)21)9-16(13(15)2)24(26)27/h8-9,12,17H,6-7,10-11H2,1-5H3/t12-/m0/s1. The second kappa shape index (κ2) is 8.38. The molecule has 7 nitrogen and oxygen atoms in total. The first kappa shape index (κ1) is 22.0. The molecule has 28 heavy (non-hydrogen) atoms. The first-order valence-corrected chi connectivity index (χ1v) is 9.17. The Kier molecular flexibility index (Phi) is 6.59. The summed E-state index contributed by atoms with van der Waals surface area (Å²) in [5, 5.41) is 11.2. The van der Waals surface area contributed by atoms with E-state index >= 15 is 0 Å². The van der Waals surface area contributed by atoms with Crippen molar-refractivity contribution < 1.29 is 23.2 Å². The number of nitro groups is 1. The van der Waals surface area contributed by atoms with Crippen molar-refractivity contribution in [3.8, 4) is 0 Å². The number of ether oxygens (including phenoxy) is 1. The third-order valence-electron chi connectivity index (χ3n) is 4.69. The van der Waals surface area contributed by atoms with Crippen LogP contribution in [0, 0.1) is 17.0 Å². The van der Waals surface area contributed by atoms with Gasteiger partial charge in [0.25, 0.3) is 12.1 Å². The predicted molar refractivity (Wildman–Crippen MR) is 100 cm³/mol. The van der Waals surface area contributed by atoms with Crippen LogP contribution in [-0.2, 0) is 11.3 Å². The molecule has 1 aliphatic heterocycles. The first-order valence-electron chi connectivity index (χ1n) is 9.17. The Bertz CT molecular complexity index is 749. The number of halogens is 2. The van der Waals surface area contributed by atoms with Crippen LogP contribution < -0.4 is 0 Å². The molecule has 0 aromatic heterocycles. The summed E-state index contributed by atoms with van der Waals surface area (Å²) in [4.78, 5) is 26.5. The minimum Gasteiger partial charge on any atom is -0.444 e. The van der Waals surface area contributed by atoms with Crippen molar-refractivity contribution >= 4 is 11.8 Å². The van der Waals surface area contributed by atoms with E-state index in [1.165, 1.54) is 6.07 Å². The summed E-state index contributed by atoms with van der Waals surface area (Å²) in [5.41, 5.74) is -0.348. The zero-order chi connectivity index (χ0) is 21.2. The maximum atomic E-state index is 13.1. The number of carbonyl (C=O) groups excluding carboxylic acids is 1. The quantitative estimate of drug-likeness (QED) is 0.558. The second-order valence-corrected chi connectivity index (χ2v) is 8.14. The Morgan fingerprint density at radius 2 is 2.00 bits per heavy atom. The lowest BCUT2D eigenvalue weighted by atomic mass is 10.0. The third kappa shape index (κ3) is 5.37. The molecular formula is C19H27F2N3O4. The van der Waals surface area contributed by atoms with Gasteiger partial charge < -0.3 is 9.64 Å². The SMILES string of the molecule is Cc1c(CN2CCN(C(=O)OC(C)(C)C)[C@@H](C)C2)cc(C(F)F)cc1[N+](=O)[O-]. The van der Waals surface area contributed by atoms with E-state index in [4.69, 9.17) is 4.74 Å². The summed E-state index contributed by atoms with van der Waals surface area (Å²) in [6.07, 6.45) is -3.16. The van der Waals surface area contributed by atoms with Gasteiger partial charge in [-0.3, -0.25) is 15.0 Å². The molecule has 2 rings (SSSR count). The minimum atomic E-state index is -2.78. The number of nitro benzene ring substituents is 1. The van der Waals surface area contributed by atoms with Gasteiger partial charge in [0.2, 0.25) is 0 Å². The van der Waals surface area contributed by atoms with Crippen molar-refractivity contribution in [2.24, 2.45) is 0 Å². The van der Waals surface area contributed by atoms with E-state index in [9.17, 15) is 23.7 Å². The van der Waals surface area contributed by atoms with Gasteiger partial charge in [-0.1, -0.05) is 0 Å². The molecule has 1 aromatic rings. The van der Waals surface area contributed by atoms with Gasteiger partial charge in [-0.2, -0.15) is 0 Å². The van der Waals surface area contributed by atoms with Crippen molar-refractivity contribution in [3.63, 3.8) is 0 Å². The fourth-order valence-electron chi connectivity index (χ4n) is 3.27. The van der Waals surface area contributed by atoms with E-state index in [0.717, 1.165) is 6.07 Å². The molecule has 156 valence electrons. The van der Waals surface area contributed by atoms with E-state index in [0.29, 0.717) is 37.3 Å². The van der Waals surface area contributed by atoms with Crippen molar-refractivity contribution in [1.82, 2.24) is 9.80 Å². The van der Waals surface area contributed by atoms with Gasteiger partial charge in [-0.25, -0.2) is 13.6 Å². The molecule has 1 fully saturated rings. The highest BCUT2D eigenvalue weighted by Gasteiger charge is 2.31. The zero-order valence-corrected chi connectivity index (χ0v) is 16.9. The number of amides is 1. The average Bonchev–Trinajstić information content (AvgIpc) is 2.54. The fraction of sp³-hybridized carbons (Fsp3) is 0.632. The normalized spacial score (nSPS) is 18.4. The molecule has 0 N–H and O–H groups in total. The van der Waals surface area contributed by atoms with Crippen molar-refractivity contribution in [2.45, 2.75) is 59.2 Å². The number of benzene rings is 1. The van der Waals surface area contributed by atoms with Gasteiger partial charge in [0.05, 0.1) is 4.92 Å². The molecule has 1 aromatic carbocycles. The molecule has 0 radical (unpaired) electrons. The number of nitrogens with zero attached hydrogens (tertiary/aromatic N) is 3. The Hall–Kier alpha value is -2.29. The maximum Gasteiger partial charge on any atom is 0.410 e. The molecule has 1 aliphatic rings. The van der Waals surface area contributed by atoms with Crippen molar-refractivity contribution in [3.05, 3.63) is 38.9 Å². The summed E-state index contributed by atoms with van der Waals surface area (Å²) in [6, 6.07) is 2.14. The van der Waals surface area contributed by atoms with E-state index in [1.807, 2.05) is 11.8 Å². The van der Waals surface area contributed by atoms with E-state index < -0.39 is 16.9 Å². The molecule has 0 spiro atoms. The lowest BCUT2D eigenvalue weighted by Crippen LogP contribution is -2.54. The predicted octanol–water partition coefficient (Wildman–Crippen LogP) is 4.28. The number of hydrogen-bond donors (Lipinski definition) is 0. The van der Waals surface area contributed by atoms with Gasteiger partial charge in [0.1, 0.15) is 5.60 Å². The highest BCUT2D eigenvalue weighted by atomic mass is 19.3. The highest BCUT2D eigenvalue weighted by molar-refractivity contribution is 5.68. The molecular weight excluding hydrogens is 372 g/mol. The Morgan fingerprint density at radius 1 is 1.36 bits per heavy atom. The molecule has 1 atom stereocenters. The molecule has 0 saturated carbocycles. The minimum absolute atomic E-state index is 0.128. The second-order valence-electron chi connectivity index (χ2n) is 8.14. The third-order valence-corrected chi connectivity index (χ3v) is 4.69. The van der Waals surface area contributed by atoms with Crippen LogP contribution in [-0.4, -0.2) is 52.1 Å². The zero-order valence-electron chi connectivity index (χ0n) is 16.9. The first-order chi connectivity index (χ1) is 12.9. The number of hydrogen-bond acceptors (Lipinski definition) is 5. The number of rotatable bonds is 4. The Labute approximate surface area is 163 Å². The molecule has 0 bridgehead atoms. The van der Waals surface area contributed by atoms with Crippen molar-refractivity contribution in [1.29, 1.82) is 0 Å². The summed E-state index contributed by atoms with van der Waals surface area (Å²) >= 11 is 0. The van der Waals surface area contributed by atoms with Crippen molar-refractivity contribution in [2.75, 3.05) is 19.6 Å². The molecule has 1 amide bonds. The van der Waals surface area contributed by atoms with E-state index in [1.54, 1.807) is 32.6 Å². The van der Waals surface area contributed by atoms with Crippen LogP contribution in [0.2, 0.25) is 0 Å².